The van der Waals surface area contributed by atoms with Crippen molar-refractivity contribution in [3.63, 3.8) is 0 Å². The second kappa shape index (κ2) is 3.49. The first-order valence-electron chi connectivity index (χ1n) is 6.28. The van der Waals surface area contributed by atoms with Gasteiger partial charge >= 0.3 is 0 Å². The summed E-state index contributed by atoms with van der Waals surface area (Å²) in [5.74, 6) is 2.96. The molecule has 3 heterocycles. The highest BCUT2D eigenvalue weighted by Gasteiger charge is 2.46. The van der Waals surface area contributed by atoms with Crippen LogP contribution in [-0.4, -0.2) is 37.1 Å². The van der Waals surface area contributed by atoms with Gasteiger partial charge in [0.05, 0.1) is 0 Å². The topological polar surface area (TPSA) is 15.3 Å². The summed E-state index contributed by atoms with van der Waals surface area (Å²) in [6.07, 6.45) is 4.34. The van der Waals surface area contributed by atoms with Crippen molar-refractivity contribution < 1.29 is 0 Å². The Morgan fingerprint density at radius 1 is 1.43 bits per heavy atom. The maximum absolute atomic E-state index is 3.62. The predicted molar refractivity (Wildman–Crippen MR) is 58.2 cm³/mol. The molecule has 0 amide bonds. The highest BCUT2D eigenvalue weighted by atomic mass is 15.2. The van der Waals surface area contributed by atoms with Gasteiger partial charge in [0.2, 0.25) is 0 Å². The highest BCUT2D eigenvalue weighted by molar-refractivity contribution is 5.03. The Morgan fingerprint density at radius 2 is 2.36 bits per heavy atom. The monoisotopic (exact) mass is 194 g/mol. The third-order valence-corrected chi connectivity index (χ3v) is 4.53. The molecular weight excluding hydrogens is 172 g/mol. The molecule has 1 saturated carbocycles. The minimum absolute atomic E-state index is 0.886. The van der Waals surface area contributed by atoms with Gasteiger partial charge in [0.15, 0.2) is 0 Å². The Kier molecular flexibility index (Phi) is 2.29. The summed E-state index contributed by atoms with van der Waals surface area (Å²) in [6.45, 7) is 7.81. The third kappa shape index (κ3) is 1.49. The molecule has 1 N–H and O–H groups in total. The standard InChI is InChI=1S/C12H22N2/c1-9-3-2-4-14(7-9)8-11-10-5-12(11)13-6-10/h9-13H,2-8H2,1H3. The number of fused-ring (bicyclic) bond motifs is 1. The summed E-state index contributed by atoms with van der Waals surface area (Å²) in [6, 6.07) is 0.886. The van der Waals surface area contributed by atoms with Crippen LogP contribution in [0.1, 0.15) is 26.2 Å². The Bertz CT molecular complexity index is 202. The van der Waals surface area contributed by atoms with Crippen LogP contribution in [-0.2, 0) is 0 Å². The maximum Gasteiger partial charge on any atom is 0.0114 e. The first-order valence-corrected chi connectivity index (χ1v) is 6.28. The molecule has 2 nitrogen and oxygen atoms in total. The van der Waals surface area contributed by atoms with E-state index < -0.39 is 0 Å². The van der Waals surface area contributed by atoms with Crippen molar-refractivity contribution in [3.8, 4) is 0 Å². The lowest BCUT2D eigenvalue weighted by Crippen LogP contribution is -2.47. The zero-order valence-electron chi connectivity index (χ0n) is 9.21. The lowest BCUT2D eigenvalue weighted by atomic mass is 9.73. The second-order valence-electron chi connectivity index (χ2n) is 5.68. The van der Waals surface area contributed by atoms with E-state index in [-0.39, 0.29) is 0 Å². The molecule has 0 aromatic rings. The van der Waals surface area contributed by atoms with Gasteiger partial charge in [0, 0.05) is 19.1 Å². The van der Waals surface area contributed by atoms with E-state index in [1.165, 1.54) is 45.4 Å². The van der Waals surface area contributed by atoms with Crippen molar-refractivity contribution in [2.24, 2.45) is 17.8 Å². The van der Waals surface area contributed by atoms with E-state index in [9.17, 15) is 0 Å². The van der Waals surface area contributed by atoms with E-state index >= 15 is 0 Å². The molecule has 2 bridgehead atoms. The molecule has 4 atom stereocenters. The Labute approximate surface area is 87.0 Å². The fourth-order valence-electron chi connectivity index (χ4n) is 3.61. The zero-order valence-corrected chi connectivity index (χ0v) is 9.21. The molecule has 0 spiro atoms. The minimum atomic E-state index is 0.886. The Hall–Kier alpha value is -0.0800. The molecule has 0 aromatic carbocycles. The van der Waals surface area contributed by atoms with Crippen molar-refractivity contribution in [1.82, 2.24) is 10.2 Å². The van der Waals surface area contributed by atoms with E-state index in [0.717, 1.165) is 23.8 Å². The molecule has 3 saturated heterocycles. The number of piperidine rings is 1. The fourth-order valence-corrected chi connectivity index (χ4v) is 3.61. The molecule has 3 aliphatic heterocycles. The zero-order chi connectivity index (χ0) is 9.54. The van der Waals surface area contributed by atoms with Gasteiger partial charge in [-0.3, -0.25) is 0 Å². The smallest absolute Gasteiger partial charge is 0.0114 e. The van der Waals surface area contributed by atoms with E-state index in [4.69, 9.17) is 0 Å². The van der Waals surface area contributed by atoms with Crippen LogP contribution < -0.4 is 5.32 Å². The van der Waals surface area contributed by atoms with Gasteiger partial charge < -0.3 is 10.2 Å². The van der Waals surface area contributed by atoms with Gasteiger partial charge in [0.25, 0.3) is 0 Å². The van der Waals surface area contributed by atoms with E-state index in [1.54, 1.807) is 0 Å². The van der Waals surface area contributed by atoms with E-state index in [0.29, 0.717) is 0 Å². The molecule has 4 rings (SSSR count). The molecule has 14 heavy (non-hydrogen) atoms. The average Bonchev–Trinajstić information content (AvgIpc) is 2.75. The first-order chi connectivity index (χ1) is 6.83. The van der Waals surface area contributed by atoms with E-state index in [1.807, 2.05) is 0 Å². The fraction of sp³-hybridized carbons (Fsp3) is 1.00. The molecule has 1 aliphatic carbocycles. The lowest BCUT2D eigenvalue weighted by molar-refractivity contribution is 0.0999. The van der Waals surface area contributed by atoms with Crippen LogP contribution >= 0.6 is 0 Å². The van der Waals surface area contributed by atoms with Crippen LogP contribution in [0.3, 0.4) is 0 Å². The summed E-state index contributed by atoms with van der Waals surface area (Å²) in [4.78, 5) is 2.71. The number of hydrogen-bond acceptors (Lipinski definition) is 2. The second-order valence-corrected chi connectivity index (χ2v) is 5.68. The Morgan fingerprint density at radius 3 is 3.00 bits per heavy atom. The molecule has 80 valence electrons. The van der Waals surface area contributed by atoms with Crippen molar-refractivity contribution in [3.05, 3.63) is 0 Å². The highest BCUT2D eigenvalue weighted by Crippen LogP contribution is 2.40. The predicted octanol–water partition coefficient (Wildman–Crippen LogP) is 1.33. The van der Waals surface area contributed by atoms with Gasteiger partial charge in [-0.25, -0.2) is 0 Å². The first kappa shape index (κ1) is 9.17. The quantitative estimate of drug-likeness (QED) is 0.713. The third-order valence-electron chi connectivity index (χ3n) is 4.53. The van der Waals surface area contributed by atoms with Crippen molar-refractivity contribution >= 4 is 0 Å². The summed E-state index contributed by atoms with van der Waals surface area (Å²) >= 11 is 0. The number of nitrogens with zero attached hydrogens (tertiary/aromatic N) is 1. The minimum Gasteiger partial charge on any atom is -0.313 e. The van der Waals surface area contributed by atoms with Crippen LogP contribution in [0, 0.1) is 17.8 Å². The Balaban J connectivity index is 1.52. The van der Waals surface area contributed by atoms with Crippen LogP contribution in [0.5, 0.6) is 0 Å². The van der Waals surface area contributed by atoms with Crippen molar-refractivity contribution in [2.75, 3.05) is 26.2 Å². The SMILES string of the molecule is CC1CCCN(CC2C3CNC2C3)C1. The largest absolute Gasteiger partial charge is 0.313 e. The number of likely N-dealkylation sites (tertiary alicyclic amines) is 1. The molecule has 4 fully saturated rings. The number of rotatable bonds is 2. The normalized spacial score (nSPS) is 47.8. The summed E-state index contributed by atoms with van der Waals surface area (Å²) in [7, 11) is 0. The van der Waals surface area contributed by atoms with Crippen LogP contribution in [0.25, 0.3) is 0 Å². The molecular formula is C12H22N2. The van der Waals surface area contributed by atoms with E-state index in [2.05, 4.69) is 17.1 Å². The number of nitrogens with one attached hydrogen (secondary N) is 1. The number of hydrogen-bond donors (Lipinski definition) is 1. The van der Waals surface area contributed by atoms with Gasteiger partial charge in [-0.1, -0.05) is 6.92 Å². The summed E-state index contributed by atoms with van der Waals surface area (Å²) in [5, 5.41) is 3.62. The van der Waals surface area contributed by atoms with Crippen LogP contribution in [0.2, 0.25) is 0 Å². The molecule has 4 aliphatic rings. The average molecular weight is 194 g/mol. The van der Waals surface area contributed by atoms with Gasteiger partial charge in [-0.2, -0.15) is 0 Å². The molecule has 0 aromatic heterocycles. The summed E-state index contributed by atoms with van der Waals surface area (Å²) < 4.78 is 0. The molecule has 4 unspecified atom stereocenters. The van der Waals surface area contributed by atoms with Crippen molar-refractivity contribution in [1.29, 1.82) is 0 Å². The molecule has 2 heteroatoms. The lowest BCUT2D eigenvalue weighted by Gasteiger charge is -2.40. The van der Waals surface area contributed by atoms with Gasteiger partial charge in [-0.15, -0.1) is 0 Å². The van der Waals surface area contributed by atoms with Gasteiger partial charge in [0.1, 0.15) is 0 Å². The maximum atomic E-state index is 3.62. The van der Waals surface area contributed by atoms with Crippen LogP contribution in [0.4, 0.5) is 0 Å². The van der Waals surface area contributed by atoms with Gasteiger partial charge in [-0.05, 0) is 50.1 Å². The van der Waals surface area contributed by atoms with Crippen LogP contribution in [0.15, 0.2) is 0 Å². The summed E-state index contributed by atoms with van der Waals surface area (Å²) in [5.41, 5.74) is 0. The molecule has 0 radical (unpaired) electrons. The van der Waals surface area contributed by atoms with Crippen molar-refractivity contribution in [2.45, 2.75) is 32.2 Å².